The maximum absolute atomic E-state index is 15.6. The third-order valence-electron chi connectivity index (χ3n) is 5.22. The molecule has 5 nitrogen and oxygen atoms in total. The second-order valence-electron chi connectivity index (χ2n) is 7.37. The summed E-state index contributed by atoms with van der Waals surface area (Å²) in [5, 5.41) is 17.6. The van der Waals surface area contributed by atoms with Crippen molar-refractivity contribution in [3.63, 3.8) is 0 Å². The Morgan fingerprint density at radius 2 is 2.10 bits per heavy atom. The van der Waals surface area contributed by atoms with E-state index in [2.05, 4.69) is 15.2 Å². The molecule has 0 bridgehead atoms. The molecule has 1 N–H and O–H groups in total. The van der Waals surface area contributed by atoms with Gasteiger partial charge in [0.25, 0.3) is 0 Å². The van der Waals surface area contributed by atoms with Crippen molar-refractivity contribution in [3.8, 4) is 17.6 Å². The molecule has 0 saturated heterocycles. The number of pyridine rings is 1. The fraction of sp³-hybridized carbons (Fsp3) is 0.174. The van der Waals surface area contributed by atoms with Crippen LogP contribution in [0.2, 0.25) is 5.02 Å². The molecule has 0 unspecified atom stereocenters. The first kappa shape index (κ1) is 18.6. The van der Waals surface area contributed by atoms with Crippen LogP contribution >= 0.6 is 11.6 Å². The van der Waals surface area contributed by atoms with Crippen LogP contribution in [0.4, 0.5) is 4.39 Å². The summed E-state index contributed by atoms with van der Waals surface area (Å²) in [5.41, 5.74) is 3.06. The van der Waals surface area contributed by atoms with Crippen molar-refractivity contribution in [2.75, 3.05) is 0 Å². The Kier molecular flexibility index (Phi) is 4.61. The molecule has 148 valence electrons. The van der Waals surface area contributed by atoms with E-state index >= 15 is 4.39 Å². The number of benzene rings is 2. The normalized spacial score (nSPS) is 13.4. The standard InChI is InChI=1S/C23H16ClFN4O/c24-16-8-13(12-26)9-17(11-16)30-22-18(14-3-4-14)6-5-15(21(22)25)10-20-19-2-1-7-27-23(19)29-28-20/h1-2,5-9,11,14H,3-4,10H2,(H,27,28,29). The van der Waals surface area contributed by atoms with Gasteiger partial charge >= 0.3 is 0 Å². The summed E-state index contributed by atoms with van der Waals surface area (Å²) in [7, 11) is 0. The van der Waals surface area contributed by atoms with E-state index in [1.54, 1.807) is 30.5 Å². The van der Waals surface area contributed by atoms with E-state index in [1.807, 2.05) is 24.3 Å². The van der Waals surface area contributed by atoms with Gasteiger partial charge in [-0.15, -0.1) is 0 Å². The Labute approximate surface area is 177 Å². The van der Waals surface area contributed by atoms with Gasteiger partial charge < -0.3 is 4.74 Å². The van der Waals surface area contributed by atoms with Crippen molar-refractivity contribution in [2.45, 2.75) is 25.2 Å². The molecule has 0 spiro atoms. The van der Waals surface area contributed by atoms with Gasteiger partial charge in [0.05, 0.1) is 17.3 Å². The van der Waals surface area contributed by atoms with Gasteiger partial charge in [-0.2, -0.15) is 10.4 Å². The Morgan fingerprint density at radius 3 is 2.90 bits per heavy atom. The zero-order valence-corrected chi connectivity index (χ0v) is 16.6. The van der Waals surface area contributed by atoms with Crippen molar-refractivity contribution in [3.05, 3.63) is 81.9 Å². The second-order valence-corrected chi connectivity index (χ2v) is 7.80. The molecule has 1 aliphatic carbocycles. The third kappa shape index (κ3) is 3.49. The molecule has 30 heavy (non-hydrogen) atoms. The van der Waals surface area contributed by atoms with Crippen LogP contribution in [0.15, 0.2) is 48.7 Å². The summed E-state index contributed by atoms with van der Waals surface area (Å²) in [6.45, 7) is 0. The number of fused-ring (bicyclic) bond motifs is 1. The topological polar surface area (TPSA) is 74.6 Å². The fourth-order valence-corrected chi connectivity index (χ4v) is 3.82. The van der Waals surface area contributed by atoms with Gasteiger partial charge in [-0.1, -0.05) is 23.7 Å². The SMILES string of the molecule is N#Cc1cc(Cl)cc(Oc2c(C3CC3)ccc(Cc3n[nH]c4ncccc34)c2F)c1. The number of hydrogen-bond donors (Lipinski definition) is 1. The molecule has 0 radical (unpaired) electrons. The van der Waals surface area contributed by atoms with Crippen LogP contribution < -0.4 is 4.74 Å². The van der Waals surface area contributed by atoms with Crippen LogP contribution in [-0.2, 0) is 6.42 Å². The van der Waals surface area contributed by atoms with E-state index in [0.29, 0.717) is 34.0 Å². The molecular formula is C23H16ClFN4O. The van der Waals surface area contributed by atoms with Gasteiger partial charge in [0.2, 0.25) is 0 Å². The van der Waals surface area contributed by atoms with Crippen LogP contribution in [0.5, 0.6) is 11.5 Å². The molecule has 2 heterocycles. The Balaban J connectivity index is 1.55. The second kappa shape index (κ2) is 7.43. The first-order valence-electron chi connectivity index (χ1n) is 9.60. The summed E-state index contributed by atoms with van der Waals surface area (Å²) >= 11 is 6.09. The molecule has 0 aliphatic heterocycles. The molecular weight excluding hydrogens is 403 g/mol. The zero-order valence-electron chi connectivity index (χ0n) is 15.8. The number of H-pyrrole nitrogens is 1. The lowest BCUT2D eigenvalue weighted by Gasteiger charge is -2.15. The highest BCUT2D eigenvalue weighted by Gasteiger charge is 2.30. The van der Waals surface area contributed by atoms with Crippen LogP contribution in [0.25, 0.3) is 11.0 Å². The van der Waals surface area contributed by atoms with Crippen molar-refractivity contribution >= 4 is 22.6 Å². The molecule has 2 aromatic heterocycles. The molecule has 1 fully saturated rings. The lowest BCUT2D eigenvalue weighted by atomic mass is 10.0. The molecule has 4 aromatic rings. The predicted molar refractivity (Wildman–Crippen MR) is 111 cm³/mol. The van der Waals surface area contributed by atoms with E-state index in [0.717, 1.165) is 29.5 Å². The van der Waals surface area contributed by atoms with Gasteiger partial charge in [-0.25, -0.2) is 9.37 Å². The third-order valence-corrected chi connectivity index (χ3v) is 5.44. The molecule has 1 saturated carbocycles. The number of rotatable bonds is 5. The smallest absolute Gasteiger partial charge is 0.169 e. The Hall–Kier alpha value is -3.43. The maximum atomic E-state index is 15.6. The molecule has 1 aliphatic rings. The minimum Gasteiger partial charge on any atom is -0.454 e. The number of aromatic amines is 1. The number of aromatic nitrogens is 3. The van der Waals surface area contributed by atoms with Crippen LogP contribution in [0.1, 0.15) is 41.1 Å². The minimum atomic E-state index is -0.419. The number of halogens is 2. The fourth-order valence-electron chi connectivity index (χ4n) is 3.59. The van der Waals surface area contributed by atoms with Gasteiger partial charge in [0.1, 0.15) is 5.75 Å². The van der Waals surface area contributed by atoms with Crippen LogP contribution in [0.3, 0.4) is 0 Å². The number of ether oxygens (including phenoxy) is 1. The van der Waals surface area contributed by atoms with Gasteiger partial charge in [-0.3, -0.25) is 5.10 Å². The zero-order chi connectivity index (χ0) is 20.7. The minimum absolute atomic E-state index is 0.194. The van der Waals surface area contributed by atoms with E-state index in [-0.39, 0.29) is 11.7 Å². The molecule has 0 amide bonds. The number of nitrogens with zero attached hydrogens (tertiary/aromatic N) is 3. The summed E-state index contributed by atoms with van der Waals surface area (Å²) in [6, 6.07) is 14.2. The van der Waals surface area contributed by atoms with Crippen molar-refractivity contribution < 1.29 is 9.13 Å². The lowest BCUT2D eigenvalue weighted by Crippen LogP contribution is -2.01. The van der Waals surface area contributed by atoms with Gasteiger partial charge in [0.15, 0.2) is 17.2 Å². The largest absolute Gasteiger partial charge is 0.454 e. The van der Waals surface area contributed by atoms with Gasteiger partial charge in [-0.05, 0) is 54.7 Å². The number of nitriles is 1. The Morgan fingerprint density at radius 1 is 1.23 bits per heavy atom. The summed E-state index contributed by atoms with van der Waals surface area (Å²) in [5.74, 6) is 0.400. The van der Waals surface area contributed by atoms with Crippen molar-refractivity contribution in [1.82, 2.24) is 15.2 Å². The average Bonchev–Trinajstić information content (AvgIpc) is 3.51. The first-order valence-corrected chi connectivity index (χ1v) is 9.98. The highest BCUT2D eigenvalue weighted by atomic mass is 35.5. The Bertz CT molecular complexity index is 1310. The van der Waals surface area contributed by atoms with Crippen molar-refractivity contribution in [2.24, 2.45) is 0 Å². The summed E-state index contributed by atoms with van der Waals surface area (Å²) < 4.78 is 21.6. The van der Waals surface area contributed by atoms with Crippen molar-refractivity contribution in [1.29, 1.82) is 5.26 Å². The van der Waals surface area contributed by atoms with E-state index in [1.165, 1.54) is 0 Å². The predicted octanol–water partition coefficient (Wildman–Crippen LogP) is 5.88. The van der Waals surface area contributed by atoms with Crippen LogP contribution in [0, 0.1) is 17.1 Å². The van der Waals surface area contributed by atoms with Gasteiger partial charge in [0, 0.05) is 28.6 Å². The van der Waals surface area contributed by atoms with E-state index < -0.39 is 5.82 Å². The first-order chi connectivity index (χ1) is 14.6. The van der Waals surface area contributed by atoms with E-state index in [4.69, 9.17) is 16.3 Å². The highest BCUT2D eigenvalue weighted by molar-refractivity contribution is 6.30. The molecule has 7 heteroatoms. The quantitative estimate of drug-likeness (QED) is 0.439. The lowest BCUT2D eigenvalue weighted by molar-refractivity contribution is 0.433. The monoisotopic (exact) mass is 418 g/mol. The molecule has 5 rings (SSSR count). The molecule has 0 atom stereocenters. The van der Waals surface area contributed by atoms with E-state index in [9.17, 15) is 5.26 Å². The number of hydrogen-bond acceptors (Lipinski definition) is 4. The summed E-state index contributed by atoms with van der Waals surface area (Å²) in [6.07, 6.45) is 3.99. The number of nitrogens with one attached hydrogen (secondary N) is 1. The summed E-state index contributed by atoms with van der Waals surface area (Å²) in [4.78, 5) is 4.23. The molecule has 2 aromatic carbocycles. The average molecular weight is 419 g/mol. The van der Waals surface area contributed by atoms with Crippen LogP contribution in [-0.4, -0.2) is 15.2 Å². The highest BCUT2D eigenvalue weighted by Crippen LogP contribution is 2.47. The maximum Gasteiger partial charge on any atom is 0.169 e.